The molecule has 2 aromatic rings. The van der Waals surface area contributed by atoms with Crippen LogP contribution in [0.15, 0.2) is 41.0 Å². The third-order valence-electron chi connectivity index (χ3n) is 5.10. The summed E-state index contributed by atoms with van der Waals surface area (Å²) >= 11 is 0. The number of anilines is 1. The monoisotopic (exact) mass is 413 g/mol. The number of hydrogen-bond acceptors (Lipinski definition) is 6. The Labute approximate surface area is 173 Å². The first kappa shape index (κ1) is 19.8. The minimum Gasteiger partial charge on any atom is -0.486 e. The molecule has 158 valence electrons. The van der Waals surface area contributed by atoms with Gasteiger partial charge < -0.3 is 29.4 Å². The van der Waals surface area contributed by atoms with E-state index in [1.807, 2.05) is 0 Å². The molecule has 1 saturated heterocycles. The predicted molar refractivity (Wildman–Crippen MR) is 106 cm³/mol. The van der Waals surface area contributed by atoms with Crippen LogP contribution >= 0.6 is 0 Å². The first-order chi connectivity index (χ1) is 14.5. The highest BCUT2D eigenvalue weighted by atomic mass is 16.6. The highest BCUT2D eigenvalue weighted by Crippen LogP contribution is 2.35. The summed E-state index contributed by atoms with van der Waals surface area (Å²) in [6.45, 7) is 3.03. The van der Waals surface area contributed by atoms with Gasteiger partial charge in [0.15, 0.2) is 11.5 Å². The maximum Gasteiger partial charge on any atom is 0.242 e. The molecule has 0 unspecified atom stereocenters. The van der Waals surface area contributed by atoms with Gasteiger partial charge in [0.1, 0.15) is 25.0 Å². The number of amides is 3. The molecule has 2 atom stereocenters. The minimum atomic E-state index is -0.731. The van der Waals surface area contributed by atoms with Gasteiger partial charge >= 0.3 is 0 Å². The SMILES string of the molecule is C[C@H](NC(=O)[C@H]1CC(=O)N(c2ccc3c(c2)OCCO3)C1)C(=O)NCc1ccco1. The fourth-order valence-corrected chi connectivity index (χ4v) is 3.47. The van der Waals surface area contributed by atoms with Crippen molar-refractivity contribution in [2.24, 2.45) is 5.92 Å². The van der Waals surface area contributed by atoms with Crippen LogP contribution < -0.4 is 25.0 Å². The van der Waals surface area contributed by atoms with Gasteiger partial charge in [-0.3, -0.25) is 14.4 Å². The smallest absolute Gasteiger partial charge is 0.242 e. The van der Waals surface area contributed by atoms with Crippen molar-refractivity contribution in [2.45, 2.75) is 25.9 Å². The first-order valence-electron chi connectivity index (χ1n) is 9.82. The summed E-state index contributed by atoms with van der Waals surface area (Å²) in [6, 6.07) is 8.03. The van der Waals surface area contributed by atoms with Gasteiger partial charge in [0.25, 0.3) is 0 Å². The Morgan fingerprint density at radius 3 is 2.77 bits per heavy atom. The molecule has 9 heteroatoms. The van der Waals surface area contributed by atoms with Gasteiger partial charge in [-0.1, -0.05) is 0 Å². The van der Waals surface area contributed by atoms with Crippen LogP contribution in [0.3, 0.4) is 0 Å². The van der Waals surface area contributed by atoms with E-state index in [-0.39, 0.29) is 37.2 Å². The second-order valence-corrected chi connectivity index (χ2v) is 7.26. The Kier molecular flexibility index (Phi) is 5.60. The molecule has 0 aliphatic carbocycles. The number of nitrogens with zero attached hydrogens (tertiary/aromatic N) is 1. The quantitative estimate of drug-likeness (QED) is 0.737. The highest BCUT2D eigenvalue weighted by Gasteiger charge is 2.36. The topological polar surface area (TPSA) is 110 Å². The number of ether oxygens (including phenoxy) is 2. The maximum atomic E-state index is 12.6. The highest BCUT2D eigenvalue weighted by molar-refractivity contribution is 6.01. The van der Waals surface area contributed by atoms with Gasteiger partial charge in [-0.25, -0.2) is 0 Å². The van der Waals surface area contributed by atoms with Gasteiger partial charge in [0.2, 0.25) is 17.7 Å². The Hall–Kier alpha value is -3.49. The minimum absolute atomic E-state index is 0.0843. The summed E-state index contributed by atoms with van der Waals surface area (Å²) in [5.41, 5.74) is 0.656. The molecule has 1 aromatic carbocycles. The Bertz CT molecular complexity index is 942. The zero-order valence-corrected chi connectivity index (χ0v) is 16.6. The van der Waals surface area contributed by atoms with E-state index in [2.05, 4.69) is 10.6 Å². The van der Waals surface area contributed by atoms with Crippen LogP contribution in [0, 0.1) is 5.92 Å². The number of rotatable bonds is 6. The summed E-state index contributed by atoms with van der Waals surface area (Å²) in [6.07, 6.45) is 1.61. The van der Waals surface area contributed by atoms with Gasteiger partial charge in [-0.2, -0.15) is 0 Å². The van der Waals surface area contributed by atoms with E-state index < -0.39 is 12.0 Å². The normalized spacial score (nSPS) is 18.8. The van der Waals surface area contributed by atoms with E-state index in [4.69, 9.17) is 13.9 Å². The molecule has 0 saturated carbocycles. The molecular weight excluding hydrogens is 390 g/mol. The van der Waals surface area contributed by atoms with E-state index in [0.29, 0.717) is 36.2 Å². The molecule has 2 aliphatic rings. The van der Waals surface area contributed by atoms with Gasteiger partial charge in [0, 0.05) is 24.7 Å². The number of hydrogen-bond donors (Lipinski definition) is 2. The van der Waals surface area contributed by atoms with Crippen LogP contribution in [-0.4, -0.2) is 43.5 Å². The zero-order valence-electron chi connectivity index (χ0n) is 16.6. The standard InChI is InChI=1S/C21H23N3O6/c1-13(20(26)22-11-16-3-2-6-28-16)23-21(27)14-9-19(25)24(12-14)15-4-5-17-18(10-15)30-8-7-29-17/h2-6,10,13-14H,7-9,11-12H2,1H3,(H,22,26)(H,23,27)/t13-,14-/m0/s1. The van der Waals surface area contributed by atoms with E-state index in [9.17, 15) is 14.4 Å². The number of nitrogens with one attached hydrogen (secondary N) is 2. The molecule has 9 nitrogen and oxygen atoms in total. The Morgan fingerprint density at radius 2 is 2.00 bits per heavy atom. The van der Waals surface area contributed by atoms with Gasteiger partial charge in [0.05, 0.1) is 18.7 Å². The first-order valence-corrected chi connectivity index (χ1v) is 9.82. The number of fused-ring (bicyclic) bond motifs is 1. The molecule has 2 N–H and O–H groups in total. The lowest BCUT2D eigenvalue weighted by molar-refractivity contribution is -0.131. The van der Waals surface area contributed by atoms with E-state index >= 15 is 0 Å². The maximum absolute atomic E-state index is 12.6. The number of furan rings is 1. The van der Waals surface area contributed by atoms with Crippen LogP contribution in [0.4, 0.5) is 5.69 Å². The zero-order chi connectivity index (χ0) is 21.1. The molecule has 2 aliphatic heterocycles. The fraction of sp³-hybridized carbons (Fsp3) is 0.381. The lowest BCUT2D eigenvalue weighted by Crippen LogP contribution is -2.46. The molecule has 4 rings (SSSR count). The van der Waals surface area contributed by atoms with E-state index in [0.717, 1.165) is 0 Å². The average molecular weight is 413 g/mol. The third kappa shape index (κ3) is 4.24. The Morgan fingerprint density at radius 1 is 1.20 bits per heavy atom. The van der Waals surface area contributed by atoms with Crippen LogP contribution in [0.1, 0.15) is 19.1 Å². The number of carbonyl (C=O) groups excluding carboxylic acids is 3. The molecule has 30 heavy (non-hydrogen) atoms. The lowest BCUT2D eigenvalue weighted by Gasteiger charge is -2.22. The van der Waals surface area contributed by atoms with Crippen LogP contribution in [0.25, 0.3) is 0 Å². The lowest BCUT2D eigenvalue weighted by atomic mass is 10.1. The van der Waals surface area contributed by atoms with Crippen molar-refractivity contribution in [1.82, 2.24) is 10.6 Å². The molecule has 1 fully saturated rings. The van der Waals surface area contributed by atoms with Crippen molar-refractivity contribution >= 4 is 23.4 Å². The summed E-state index contributed by atoms with van der Waals surface area (Å²) in [7, 11) is 0. The van der Waals surface area contributed by atoms with Crippen LogP contribution in [-0.2, 0) is 20.9 Å². The molecule has 3 heterocycles. The van der Waals surface area contributed by atoms with Crippen molar-refractivity contribution in [3.05, 3.63) is 42.4 Å². The fourth-order valence-electron chi connectivity index (χ4n) is 3.47. The van der Waals surface area contributed by atoms with Crippen molar-refractivity contribution in [3.8, 4) is 11.5 Å². The summed E-state index contributed by atoms with van der Waals surface area (Å²) < 4.78 is 16.2. The third-order valence-corrected chi connectivity index (χ3v) is 5.10. The van der Waals surface area contributed by atoms with Crippen LogP contribution in [0.5, 0.6) is 11.5 Å². The van der Waals surface area contributed by atoms with E-state index in [1.54, 1.807) is 42.2 Å². The Balaban J connectivity index is 1.33. The van der Waals surface area contributed by atoms with Crippen molar-refractivity contribution < 1.29 is 28.3 Å². The van der Waals surface area contributed by atoms with Crippen molar-refractivity contribution in [2.75, 3.05) is 24.7 Å². The number of carbonyl (C=O) groups is 3. The summed E-state index contributed by atoms with van der Waals surface area (Å²) in [5.74, 6) is 0.504. The molecule has 3 amide bonds. The second-order valence-electron chi connectivity index (χ2n) is 7.26. The summed E-state index contributed by atoms with van der Waals surface area (Å²) in [5, 5.41) is 5.39. The second kappa shape index (κ2) is 8.48. The molecule has 0 radical (unpaired) electrons. The molecule has 1 aromatic heterocycles. The summed E-state index contributed by atoms with van der Waals surface area (Å²) in [4.78, 5) is 38.9. The average Bonchev–Trinajstić information content (AvgIpc) is 3.41. The van der Waals surface area contributed by atoms with Gasteiger partial charge in [-0.05, 0) is 31.2 Å². The largest absolute Gasteiger partial charge is 0.486 e. The molecular formula is C21H23N3O6. The van der Waals surface area contributed by atoms with Gasteiger partial charge in [-0.15, -0.1) is 0 Å². The van der Waals surface area contributed by atoms with Crippen molar-refractivity contribution in [1.29, 1.82) is 0 Å². The van der Waals surface area contributed by atoms with E-state index in [1.165, 1.54) is 6.26 Å². The predicted octanol–water partition coefficient (Wildman–Crippen LogP) is 1.22. The van der Waals surface area contributed by atoms with Crippen LogP contribution in [0.2, 0.25) is 0 Å². The molecule has 0 spiro atoms. The molecule has 0 bridgehead atoms. The van der Waals surface area contributed by atoms with Crippen molar-refractivity contribution in [3.63, 3.8) is 0 Å². The number of benzene rings is 1.